The standard InChI is InChI=1S/C10H11ClFNO4S2/c11-9-5-18(14,15)6-10(9)13-19(16,17)8-3-1-7(12)2-4-8/h1-4,9-10,13H,5-6H2/t9-,10+/m0/s1. The highest BCUT2D eigenvalue weighted by Gasteiger charge is 2.38. The van der Waals surface area contributed by atoms with E-state index in [1.807, 2.05) is 0 Å². The summed E-state index contributed by atoms with van der Waals surface area (Å²) in [6.45, 7) is 0. The first kappa shape index (κ1) is 14.7. The molecule has 1 heterocycles. The summed E-state index contributed by atoms with van der Waals surface area (Å²) in [6, 6.07) is 3.35. The fourth-order valence-electron chi connectivity index (χ4n) is 1.79. The van der Waals surface area contributed by atoms with E-state index < -0.39 is 37.1 Å². The van der Waals surface area contributed by atoms with E-state index in [-0.39, 0.29) is 16.4 Å². The van der Waals surface area contributed by atoms with Crippen LogP contribution in [0.5, 0.6) is 0 Å². The predicted octanol–water partition coefficient (Wildman–Crippen LogP) is 0.508. The van der Waals surface area contributed by atoms with E-state index in [1.165, 1.54) is 0 Å². The van der Waals surface area contributed by atoms with Crippen molar-refractivity contribution >= 4 is 31.5 Å². The molecule has 1 fully saturated rings. The van der Waals surface area contributed by atoms with Gasteiger partial charge in [-0.1, -0.05) is 0 Å². The Balaban J connectivity index is 2.21. The number of hydrogen-bond acceptors (Lipinski definition) is 4. The van der Waals surface area contributed by atoms with Gasteiger partial charge in [0.2, 0.25) is 10.0 Å². The molecule has 0 amide bonds. The van der Waals surface area contributed by atoms with E-state index in [0.717, 1.165) is 24.3 Å². The molecule has 1 N–H and O–H groups in total. The number of benzene rings is 1. The van der Waals surface area contributed by atoms with Crippen LogP contribution in [0.15, 0.2) is 29.2 Å². The number of nitrogens with one attached hydrogen (secondary N) is 1. The Morgan fingerprint density at radius 1 is 1.21 bits per heavy atom. The van der Waals surface area contributed by atoms with Crippen LogP contribution in [0.2, 0.25) is 0 Å². The lowest BCUT2D eigenvalue weighted by Crippen LogP contribution is -2.40. The molecule has 0 bridgehead atoms. The number of hydrogen-bond donors (Lipinski definition) is 1. The van der Waals surface area contributed by atoms with Gasteiger partial charge >= 0.3 is 0 Å². The van der Waals surface area contributed by atoms with Crippen LogP contribution in [0.4, 0.5) is 4.39 Å². The summed E-state index contributed by atoms with van der Waals surface area (Å²) in [6.07, 6.45) is 0. The van der Waals surface area contributed by atoms with Crippen LogP contribution in [-0.4, -0.2) is 39.8 Å². The topological polar surface area (TPSA) is 80.3 Å². The second-order valence-electron chi connectivity index (χ2n) is 4.27. The minimum Gasteiger partial charge on any atom is -0.229 e. The van der Waals surface area contributed by atoms with Gasteiger partial charge in [0.1, 0.15) is 5.82 Å². The van der Waals surface area contributed by atoms with Crippen LogP contribution < -0.4 is 4.72 Å². The third kappa shape index (κ3) is 3.44. The maximum absolute atomic E-state index is 12.7. The van der Waals surface area contributed by atoms with Gasteiger partial charge in [-0.2, -0.15) is 0 Å². The van der Waals surface area contributed by atoms with Gasteiger partial charge in [-0.15, -0.1) is 11.6 Å². The van der Waals surface area contributed by atoms with E-state index in [1.54, 1.807) is 0 Å². The van der Waals surface area contributed by atoms with Gasteiger partial charge in [-0.05, 0) is 24.3 Å². The number of sulfone groups is 1. The van der Waals surface area contributed by atoms with Crippen LogP contribution in [0, 0.1) is 5.82 Å². The Morgan fingerprint density at radius 2 is 1.79 bits per heavy atom. The van der Waals surface area contributed by atoms with Crippen LogP contribution in [0.3, 0.4) is 0 Å². The summed E-state index contributed by atoms with van der Waals surface area (Å²) < 4.78 is 61.6. The third-order valence-electron chi connectivity index (χ3n) is 2.71. The zero-order valence-corrected chi connectivity index (χ0v) is 12.0. The lowest BCUT2D eigenvalue weighted by molar-refractivity contribution is 0.563. The van der Waals surface area contributed by atoms with Crippen LogP contribution in [0.1, 0.15) is 0 Å². The first-order valence-electron chi connectivity index (χ1n) is 5.32. The van der Waals surface area contributed by atoms with E-state index in [9.17, 15) is 21.2 Å². The monoisotopic (exact) mass is 327 g/mol. The highest BCUT2D eigenvalue weighted by atomic mass is 35.5. The fourth-order valence-corrected chi connectivity index (χ4v) is 5.80. The van der Waals surface area contributed by atoms with Crippen LogP contribution >= 0.6 is 11.6 Å². The van der Waals surface area contributed by atoms with Crippen molar-refractivity contribution in [2.75, 3.05) is 11.5 Å². The molecule has 19 heavy (non-hydrogen) atoms. The summed E-state index contributed by atoms with van der Waals surface area (Å²) in [5.41, 5.74) is 0. The van der Waals surface area contributed by atoms with Crippen LogP contribution in [0.25, 0.3) is 0 Å². The van der Waals surface area contributed by atoms with Crippen molar-refractivity contribution in [2.45, 2.75) is 16.3 Å². The Labute approximate surface area is 115 Å². The van der Waals surface area contributed by atoms with Gasteiger partial charge in [-0.3, -0.25) is 0 Å². The lowest BCUT2D eigenvalue weighted by Gasteiger charge is -2.14. The molecule has 2 atom stereocenters. The van der Waals surface area contributed by atoms with Gasteiger partial charge in [0.05, 0.1) is 27.8 Å². The van der Waals surface area contributed by atoms with Crippen molar-refractivity contribution in [3.8, 4) is 0 Å². The zero-order chi connectivity index (χ0) is 14.3. The summed E-state index contributed by atoms with van der Waals surface area (Å²) in [5.74, 6) is -1.15. The second kappa shape index (κ2) is 5.01. The molecule has 2 rings (SSSR count). The lowest BCUT2D eigenvalue weighted by atomic mass is 10.3. The highest BCUT2D eigenvalue weighted by Crippen LogP contribution is 2.20. The minimum absolute atomic E-state index is 0.137. The Kier molecular flexibility index (Phi) is 3.87. The smallest absolute Gasteiger partial charge is 0.229 e. The van der Waals surface area contributed by atoms with Gasteiger partial charge in [0.15, 0.2) is 9.84 Å². The molecule has 0 radical (unpaired) electrons. The highest BCUT2D eigenvalue weighted by molar-refractivity contribution is 7.92. The number of halogens is 2. The number of alkyl halides is 1. The maximum Gasteiger partial charge on any atom is 0.240 e. The van der Waals surface area contributed by atoms with Gasteiger partial charge < -0.3 is 0 Å². The predicted molar refractivity (Wildman–Crippen MR) is 68.8 cm³/mol. The van der Waals surface area contributed by atoms with Gasteiger partial charge in [-0.25, -0.2) is 25.9 Å². The molecule has 1 saturated heterocycles. The van der Waals surface area contributed by atoms with E-state index in [0.29, 0.717) is 0 Å². The van der Waals surface area contributed by atoms with Crippen molar-refractivity contribution in [1.82, 2.24) is 4.72 Å². The van der Waals surface area contributed by atoms with Crippen molar-refractivity contribution < 1.29 is 21.2 Å². The largest absolute Gasteiger partial charge is 0.240 e. The Morgan fingerprint density at radius 3 is 2.26 bits per heavy atom. The van der Waals surface area contributed by atoms with E-state index in [4.69, 9.17) is 11.6 Å². The first-order valence-corrected chi connectivity index (χ1v) is 9.06. The van der Waals surface area contributed by atoms with Crippen molar-refractivity contribution in [3.05, 3.63) is 30.1 Å². The molecule has 0 unspecified atom stereocenters. The first-order chi connectivity index (χ1) is 8.70. The van der Waals surface area contributed by atoms with Crippen molar-refractivity contribution in [1.29, 1.82) is 0 Å². The van der Waals surface area contributed by atoms with Gasteiger partial charge in [0.25, 0.3) is 0 Å². The fraction of sp³-hybridized carbons (Fsp3) is 0.400. The van der Waals surface area contributed by atoms with E-state index >= 15 is 0 Å². The zero-order valence-electron chi connectivity index (χ0n) is 9.58. The molecule has 0 aliphatic carbocycles. The second-order valence-corrected chi connectivity index (χ2v) is 8.70. The summed E-state index contributed by atoms with van der Waals surface area (Å²) in [5, 5.41) is -0.805. The molecule has 0 saturated carbocycles. The Hall–Kier alpha value is -0.700. The SMILES string of the molecule is O=S1(=O)C[C@H](Cl)[C@H](NS(=O)(=O)c2ccc(F)cc2)C1. The maximum atomic E-state index is 12.7. The molecule has 9 heteroatoms. The average molecular weight is 328 g/mol. The minimum atomic E-state index is -3.91. The molecular formula is C10H11ClFNO4S2. The molecule has 0 aromatic heterocycles. The number of sulfonamides is 1. The average Bonchev–Trinajstić information content (AvgIpc) is 2.51. The molecule has 1 aliphatic rings. The quantitative estimate of drug-likeness (QED) is 0.820. The molecule has 1 aromatic carbocycles. The molecular weight excluding hydrogens is 317 g/mol. The number of rotatable bonds is 3. The molecule has 0 spiro atoms. The molecule has 5 nitrogen and oxygen atoms in total. The normalized spacial score (nSPS) is 26.4. The van der Waals surface area contributed by atoms with Crippen molar-refractivity contribution in [3.63, 3.8) is 0 Å². The molecule has 106 valence electrons. The van der Waals surface area contributed by atoms with Crippen molar-refractivity contribution in [2.24, 2.45) is 0 Å². The third-order valence-corrected chi connectivity index (χ3v) is 6.59. The van der Waals surface area contributed by atoms with Gasteiger partial charge in [0, 0.05) is 0 Å². The summed E-state index contributed by atoms with van der Waals surface area (Å²) in [7, 11) is -7.23. The van der Waals surface area contributed by atoms with Crippen LogP contribution in [-0.2, 0) is 19.9 Å². The Bertz CT molecular complexity index is 672. The van der Waals surface area contributed by atoms with E-state index in [2.05, 4.69) is 4.72 Å². The molecule has 1 aliphatic heterocycles. The molecule has 1 aromatic rings. The summed E-state index contributed by atoms with van der Waals surface area (Å²) in [4.78, 5) is -0.137. The summed E-state index contributed by atoms with van der Waals surface area (Å²) >= 11 is 5.82.